The molecule has 0 radical (unpaired) electrons. The van der Waals surface area contributed by atoms with E-state index in [0.717, 1.165) is 12.1 Å². The van der Waals surface area contributed by atoms with E-state index in [2.05, 4.69) is 4.42 Å². The highest BCUT2D eigenvalue weighted by molar-refractivity contribution is 7.89. The van der Waals surface area contributed by atoms with Crippen LogP contribution >= 0.6 is 0 Å². The molecule has 1 heterocycles. The van der Waals surface area contributed by atoms with Gasteiger partial charge in [0.05, 0.1) is 0 Å². The third-order valence-corrected chi connectivity index (χ3v) is 3.57. The molecule has 0 saturated carbocycles. The quantitative estimate of drug-likeness (QED) is 0.750. The molecule has 0 aliphatic carbocycles. The number of carbonyl (C=O) groups is 1. The molecule has 1 aromatic rings. The Bertz CT molecular complexity index is 564. The largest absolute Gasteiger partial charge is 0.475 e. The van der Waals surface area contributed by atoms with Crippen LogP contribution in [0.25, 0.3) is 0 Å². The first kappa shape index (κ1) is 16.5. The van der Waals surface area contributed by atoms with Gasteiger partial charge in [-0.1, -0.05) is 0 Å². The maximum absolute atomic E-state index is 11.9. The number of rotatable bonds is 7. The average Bonchev–Trinajstić information content (AvgIpc) is 2.76. The first-order valence-electron chi connectivity index (χ1n) is 5.51. The predicted molar refractivity (Wildman–Crippen MR) is 60.8 cm³/mol. The molecular weight excluding hydrogens is 303 g/mol. The summed E-state index contributed by atoms with van der Waals surface area (Å²) in [6, 6.07) is 1.93. The van der Waals surface area contributed by atoms with Crippen LogP contribution in [0.4, 0.5) is 13.2 Å². The number of carboxylic acid groups (broad SMARTS) is 1. The summed E-state index contributed by atoms with van der Waals surface area (Å²) in [6.07, 6.45) is -5.45. The first-order chi connectivity index (χ1) is 9.12. The van der Waals surface area contributed by atoms with Crippen LogP contribution in [0.2, 0.25) is 0 Å². The van der Waals surface area contributed by atoms with Crippen molar-refractivity contribution in [3.05, 3.63) is 17.9 Å². The van der Waals surface area contributed by atoms with E-state index in [1.165, 1.54) is 0 Å². The summed E-state index contributed by atoms with van der Waals surface area (Å²) in [5.74, 6) is -1.96. The van der Waals surface area contributed by atoms with Gasteiger partial charge in [-0.3, -0.25) is 0 Å². The molecule has 0 atom stereocenters. The molecule has 20 heavy (non-hydrogen) atoms. The molecule has 0 amide bonds. The fourth-order valence-corrected chi connectivity index (χ4v) is 2.31. The van der Waals surface area contributed by atoms with Crippen LogP contribution in [0, 0.1) is 0 Å². The minimum absolute atomic E-state index is 0.00519. The Morgan fingerprint density at radius 3 is 2.45 bits per heavy atom. The van der Waals surface area contributed by atoms with Crippen molar-refractivity contribution >= 4 is 16.0 Å². The lowest BCUT2D eigenvalue weighted by atomic mass is 10.2. The molecule has 0 saturated heterocycles. The van der Waals surface area contributed by atoms with E-state index >= 15 is 0 Å². The maximum Gasteiger partial charge on any atom is 0.389 e. The number of nitrogens with one attached hydrogen (secondary N) is 1. The van der Waals surface area contributed by atoms with Gasteiger partial charge in [-0.05, 0) is 25.0 Å². The van der Waals surface area contributed by atoms with Crippen molar-refractivity contribution in [2.45, 2.75) is 30.5 Å². The van der Waals surface area contributed by atoms with Gasteiger partial charge < -0.3 is 9.52 Å². The van der Waals surface area contributed by atoms with Crippen molar-refractivity contribution in [1.29, 1.82) is 0 Å². The van der Waals surface area contributed by atoms with Gasteiger partial charge in [0.2, 0.25) is 10.9 Å². The van der Waals surface area contributed by atoms with Crippen LogP contribution in [-0.4, -0.2) is 32.2 Å². The lowest BCUT2D eigenvalue weighted by Gasteiger charge is -2.06. The van der Waals surface area contributed by atoms with Gasteiger partial charge in [0, 0.05) is 13.0 Å². The molecule has 6 nitrogen and oxygen atoms in total. The zero-order valence-electron chi connectivity index (χ0n) is 10.1. The van der Waals surface area contributed by atoms with Crippen molar-refractivity contribution in [2.24, 2.45) is 0 Å². The lowest BCUT2D eigenvalue weighted by molar-refractivity contribution is -0.135. The number of alkyl halides is 3. The summed E-state index contributed by atoms with van der Waals surface area (Å²) in [5, 5.41) is 7.98. The summed E-state index contributed by atoms with van der Waals surface area (Å²) >= 11 is 0. The average molecular weight is 315 g/mol. The third kappa shape index (κ3) is 5.21. The van der Waals surface area contributed by atoms with Gasteiger partial charge >= 0.3 is 12.1 Å². The van der Waals surface area contributed by atoms with Gasteiger partial charge in [-0.25, -0.2) is 17.9 Å². The van der Waals surface area contributed by atoms with E-state index in [9.17, 15) is 26.4 Å². The molecular formula is C10H12F3NO5S. The fraction of sp³-hybridized carbons (Fsp3) is 0.500. The second-order valence-electron chi connectivity index (χ2n) is 3.89. The number of carboxylic acids is 1. The van der Waals surface area contributed by atoms with Crippen molar-refractivity contribution in [3.8, 4) is 0 Å². The maximum atomic E-state index is 11.9. The summed E-state index contributed by atoms with van der Waals surface area (Å²) < 4.78 is 65.4. The first-order valence-corrected chi connectivity index (χ1v) is 7.00. The Morgan fingerprint density at radius 2 is 1.95 bits per heavy atom. The summed E-state index contributed by atoms with van der Waals surface area (Å²) in [6.45, 7) is -0.193. The molecule has 0 aliphatic rings. The van der Waals surface area contributed by atoms with Crippen LogP contribution in [0.5, 0.6) is 0 Å². The second-order valence-corrected chi connectivity index (χ2v) is 5.59. The van der Waals surface area contributed by atoms with Crippen LogP contribution in [0.3, 0.4) is 0 Å². The molecule has 10 heteroatoms. The zero-order valence-corrected chi connectivity index (χ0v) is 10.9. The van der Waals surface area contributed by atoms with Crippen LogP contribution in [-0.2, 0) is 10.0 Å². The zero-order chi connectivity index (χ0) is 15.4. The predicted octanol–water partition coefficient (Wildman–Crippen LogP) is 1.99. The Labute approximate surface area is 112 Å². The molecule has 0 spiro atoms. The van der Waals surface area contributed by atoms with Gasteiger partial charge in [0.1, 0.15) is 0 Å². The molecule has 1 rings (SSSR count). The number of hydrogen-bond acceptors (Lipinski definition) is 4. The summed E-state index contributed by atoms with van der Waals surface area (Å²) in [7, 11) is -4.05. The molecule has 0 aliphatic heterocycles. The van der Waals surface area contributed by atoms with E-state index in [0.29, 0.717) is 0 Å². The lowest BCUT2D eigenvalue weighted by Crippen LogP contribution is -2.24. The van der Waals surface area contributed by atoms with Crippen molar-refractivity contribution in [3.63, 3.8) is 0 Å². The molecule has 114 valence electrons. The van der Waals surface area contributed by atoms with Gasteiger partial charge in [-0.2, -0.15) is 13.2 Å². The Balaban J connectivity index is 2.47. The van der Waals surface area contributed by atoms with E-state index in [4.69, 9.17) is 5.11 Å². The Hall–Kier alpha value is -1.55. The highest BCUT2D eigenvalue weighted by Gasteiger charge is 2.26. The number of furan rings is 1. The molecule has 1 aromatic heterocycles. The molecule has 0 unspecified atom stereocenters. The summed E-state index contributed by atoms with van der Waals surface area (Å²) in [4.78, 5) is 10.5. The monoisotopic (exact) mass is 315 g/mol. The third-order valence-electron chi connectivity index (χ3n) is 2.24. The Kier molecular flexibility index (Phi) is 5.17. The normalized spacial score (nSPS) is 12.6. The van der Waals surface area contributed by atoms with Crippen molar-refractivity contribution < 1.29 is 35.9 Å². The second kappa shape index (κ2) is 6.27. The van der Waals surface area contributed by atoms with Crippen LogP contribution < -0.4 is 4.72 Å². The molecule has 0 bridgehead atoms. The number of hydrogen-bond donors (Lipinski definition) is 2. The van der Waals surface area contributed by atoms with Crippen molar-refractivity contribution in [2.75, 3.05) is 6.54 Å². The molecule has 0 fully saturated rings. The van der Waals surface area contributed by atoms with Gasteiger partial charge in [-0.15, -0.1) is 0 Å². The standard InChI is InChI=1S/C10H12F3NO5S/c11-10(12,13)5-1-2-6-14-20(17,18)8-4-3-7(19-8)9(15)16/h3-4,14H,1-2,5-6H2,(H,15,16). The van der Waals surface area contributed by atoms with Gasteiger partial charge in [0.25, 0.3) is 10.0 Å². The van der Waals surface area contributed by atoms with Crippen LogP contribution in [0.1, 0.15) is 29.8 Å². The number of halogens is 3. The minimum atomic E-state index is -4.27. The van der Waals surface area contributed by atoms with Crippen molar-refractivity contribution in [1.82, 2.24) is 4.72 Å². The molecule has 2 N–H and O–H groups in total. The molecule has 0 aromatic carbocycles. The van der Waals surface area contributed by atoms with E-state index in [1.54, 1.807) is 0 Å². The highest BCUT2D eigenvalue weighted by atomic mass is 32.2. The highest BCUT2D eigenvalue weighted by Crippen LogP contribution is 2.22. The SMILES string of the molecule is O=C(O)c1ccc(S(=O)(=O)NCCCCC(F)(F)F)o1. The van der Waals surface area contributed by atoms with E-state index < -0.39 is 39.4 Å². The van der Waals surface area contributed by atoms with Crippen LogP contribution in [0.15, 0.2) is 21.6 Å². The Morgan fingerprint density at radius 1 is 1.30 bits per heavy atom. The fourth-order valence-electron chi connectivity index (χ4n) is 1.31. The number of sulfonamides is 1. The van der Waals surface area contributed by atoms with E-state index in [1.807, 2.05) is 4.72 Å². The van der Waals surface area contributed by atoms with Gasteiger partial charge in [0.15, 0.2) is 0 Å². The smallest absolute Gasteiger partial charge is 0.389 e. The van der Waals surface area contributed by atoms with E-state index in [-0.39, 0.29) is 19.4 Å². The topological polar surface area (TPSA) is 96.6 Å². The summed E-state index contributed by atoms with van der Waals surface area (Å²) in [5.41, 5.74) is 0. The number of aromatic carboxylic acids is 1. The minimum Gasteiger partial charge on any atom is -0.475 e. The number of unbranched alkanes of at least 4 members (excludes halogenated alkanes) is 1.